The molecule has 21 heavy (non-hydrogen) atoms. The molecule has 2 aromatic rings. The highest BCUT2D eigenvalue weighted by atomic mass is 32.2. The number of hydrogen-bond acceptors (Lipinski definition) is 4. The van der Waals surface area contributed by atoms with Gasteiger partial charge in [-0.3, -0.25) is 0 Å². The number of aryl methyl sites for hydroxylation is 1. The summed E-state index contributed by atoms with van der Waals surface area (Å²) in [5, 5.41) is 0. The molecule has 2 rings (SSSR count). The third-order valence-corrected chi connectivity index (χ3v) is 4.88. The van der Waals surface area contributed by atoms with Gasteiger partial charge in [-0.15, -0.1) is 0 Å². The Hall–Kier alpha value is -2.01. The number of benzene rings is 2. The molecule has 0 fully saturated rings. The quantitative estimate of drug-likeness (QED) is 0.658. The lowest BCUT2D eigenvalue weighted by atomic mass is 10.2. The van der Waals surface area contributed by atoms with Crippen molar-refractivity contribution in [3.05, 3.63) is 54.1 Å². The minimum atomic E-state index is -3.24. The molecule has 0 aromatic heterocycles. The maximum atomic E-state index is 12.1. The predicted octanol–water partition coefficient (Wildman–Crippen LogP) is 2.82. The zero-order valence-corrected chi connectivity index (χ0v) is 12.8. The van der Waals surface area contributed by atoms with Crippen LogP contribution in [0.1, 0.15) is 12.0 Å². The van der Waals surface area contributed by atoms with E-state index in [0.29, 0.717) is 29.4 Å². The number of sulfone groups is 1. The molecule has 112 valence electrons. The minimum Gasteiger partial charge on any atom is -0.493 e. The number of ether oxygens (including phenoxy) is 1. The van der Waals surface area contributed by atoms with Crippen LogP contribution < -0.4 is 10.5 Å². The Labute approximate surface area is 125 Å². The summed E-state index contributed by atoms with van der Waals surface area (Å²) in [5.74, 6) is 0.723. The molecule has 0 amide bonds. The van der Waals surface area contributed by atoms with Gasteiger partial charge in [-0.05, 0) is 37.6 Å². The Morgan fingerprint density at radius 1 is 1.10 bits per heavy atom. The molecule has 4 nitrogen and oxygen atoms in total. The maximum absolute atomic E-state index is 12.1. The number of nitrogens with two attached hydrogens (primary N) is 1. The van der Waals surface area contributed by atoms with Gasteiger partial charge in [0.05, 0.1) is 17.3 Å². The van der Waals surface area contributed by atoms with E-state index in [1.807, 2.05) is 6.92 Å². The fraction of sp³-hybridized carbons (Fsp3) is 0.250. The molecule has 0 aliphatic carbocycles. The predicted molar refractivity (Wildman–Crippen MR) is 84.2 cm³/mol. The van der Waals surface area contributed by atoms with Crippen LogP contribution in [0.15, 0.2) is 53.4 Å². The molecule has 0 saturated heterocycles. The lowest BCUT2D eigenvalue weighted by molar-refractivity contribution is 0.318. The average Bonchev–Trinajstić information content (AvgIpc) is 2.44. The molecule has 5 heteroatoms. The number of anilines is 1. The van der Waals surface area contributed by atoms with Crippen LogP contribution in [-0.4, -0.2) is 20.8 Å². The monoisotopic (exact) mass is 305 g/mol. The standard InChI is InChI=1S/C16H19NO3S/c1-13-6-8-16(9-7-13)21(18,19)11-3-10-20-15-5-2-4-14(17)12-15/h2,4-9,12H,3,10-11,17H2,1H3. The summed E-state index contributed by atoms with van der Waals surface area (Å²) < 4.78 is 29.8. The molecule has 0 atom stereocenters. The Bertz CT molecular complexity index is 694. The van der Waals surface area contributed by atoms with Gasteiger partial charge in [0.25, 0.3) is 0 Å². The highest BCUT2D eigenvalue weighted by molar-refractivity contribution is 7.91. The van der Waals surface area contributed by atoms with Gasteiger partial charge in [0.15, 0.2) is 9.84 Å². The van der Waals surface area contributed by atoms with E-state index in [9.17, 15) is 8.42 Å². The second kappa shape index (κ2) is 6.63. The molecule has 0 aliphatic heterocycles. The van der Waals surface area contributed by atoms with Gasteiger partial charge in [-0.25, -0.2) is 8.42 Å². The van der Waals surface area contributed by atoms with Gasteiger partial charge in [-0.1, -0.05) is 23.8 Å². The molecule has 0 aliphatic rings. The largest absolute Gasteiger partial charge is 0.493 e. The lowest BCUT2D eigenvalue weighted by Crippen LogP contribution is -2.10. The van der Waals surface area contributed by atoms with Crippen LogP contribution >= 0.6 is 0 Å². The van der Waals surface area contributed by atoms with Crippen LogP contribution in [-0.2, 0) is 9.84 Å². The number of hydrogen-bond donors (Lipinski definition) is 1. The van der Waals surface area contributed by atoms with E-state index in [0.717, 1.165) is 5.56 Å². The van der Waals surface area contributed by atoms with E-state index >= 15 is 0 Å². The number of nitrogen functional groups attached to an aromatic ring is 1. The third kappa shape index (κ3) is 4.49. The summed E-state index contributed by atoms with van der Waals surface area (Å²) >= 11 is 0. The first-order valence-electron chi connectivity index (χ1n) is 6.75. The second-order valence-electron chi connectivity index (χ2n) is 4.91. The van der Waals surface area contributed by atoms with E-state index in [-0.39, 0.29) is 5.75 Å². The average molecular weight is 305 g/mol. The second-order valence-corrected chi connectivity index (χ2v) is 7.02. The first-order chi connectivity index (χ1) is 9.97. The van der Waals surface area contributed by atoms with Crippen molar-refractivity contribution in [1.29, 1.82) is 0 Å². The van der Waals surface area contributed by atoms with Crippen molar-refractivity contribution in [2.75, 3.05) is 18.1 Å². The van der Waals surface area contributed by atoms with Gasteiger partial charge in [0.1, 0.15) is 5.75 Å². The summed E-state index contributed by atoms with van der Waals surface area (Å²) in [6.07, 6.45) is 0.436. The van der Waals surface area contributed by atoms with Crippen LogP contribution in [0, 0.1) is 6.92 Å². The molecule has 0 bridgehead atoms. The van der Waals surface area contributed by atoms with E-state index in [2.05, 4.69) is 0 Å². The number of rotatable bonds is 6. The van der Waals surface area contributed by atoms with Crippen molar-refractivity contribution < 1.29 is 13.2 Å². The minimum absolute atomic E-state index is 0.0678. The van der Waals surface area contributed by atoms with Crippen molar-refractivity contribution in [1.82, 2.24) is 0 Å². The molecule has 0 unspecified atom stereocenters. The SMILES string of the molecule is Cc1ccc(S(=O)(=O)CCCOc2cccc(N)c2)cc1. The summed E-state index contributed by atoms with van der Waals surface area (Å²) in [6, 6.07) is 14.0. The lowest BCUT2D eigenvalue weighted by Gasteiger charge is -2.08. The fourth-order valence-electron chi connectivity index (χ4n) is 1.91. The Kier molecular flexibility index (Phi) is 4.85. The van der Waals surface area contributed by atoms with Gasteiger partial charge in [0.2, 0.25) is 0 Å². The fourth-order valence-corrected chi connectivity index (χ4v) is 3.19. The van der Waals surface area contributed by atoms with Crippen LogP contribution in [0.3, 0.4) is 0 Å². The first-order valence-corrected chi connectivity index (χ1v) is 8.40. The van der Waals surface area contributed by atoms with Crippen LogP contribution in [0.5, 0.6) is 5.75 Å². The van der Waals surface area contributed by atoms with Crippen LogP contribution in [0.2, 0.25) is 0 Å². The third-order valence-electron chi connectivity index (χ3n) is 3.06. The highest BCUT2D eigenvalue weighted by Crippen LogP contribution is 2.16. The highest BCUT2D eigenvalue weighted by Gasteiger charge is 2.13. The van der Waals surface area contributed by atoms with E-state index in [1.54, 1.807) is 48.5 Å². The summed E-state index contributed by atoms with van der Waals surface area (Å²) in [7, 11) is -3.24. The first kappa shape index (κ1) is 15.4. The van der Waals surface area contributed by atoms with Gasteiger partial charge < -0.3 is 10.5 Å². The van der Waals surface area contributed by atoms with E-state index in [1.165, 1.54) is 0 Å². The summed E-state index contributed by atoms with van der Waals surface area (Å²) in [6.45, 7) is 2.27. The molecule has 0 radical (unpaired) electrons. The summed E-state index contributed by atoms with van der Waals surface area (Å²) in [5.41, 5.74) is 7.31. The van der Waals surface area contributed by atoms with Gasteiger partial charge in [0, 0.05) is 11.8 Å². The molecule has 2 aromatic carbocycles. The van der Waals surface area contributed by atoms with Crippen molar-refractivity contribution >= 4 is 15.5 Å². The summed E-state index contributed by atoms with van der Waals surface area (Å²) in [4.78, 5) is 0.358. The molecule has 0 saturated carbocycles. The Balaban J connectivity index is 1.86. The van der Waals surface area contributed by atoms with E-state index in [4.69, 9.17) is 10.5 Å². The van der Waals surface area contributed by atoms with E-state index < -0.39 is 9.84 Å². The van der Waals surface area contributed by atoms with Gasteiger partial charge in [-0.2, -0.15) is 0 Å². The molecular weight excluding hydrogens is 286 g/mol. The van der Waals surface area contributed by atoms with Crippen molar-refractivity contribution in [2.24, 2.45) is 0 Å². The van der Waals surface area contributed by atoms with Crippen molar-refractivity contribution in [3.63, 3.8) is 0 Å². The zero-order valence-electron chi connectivity index (χ0n) is 12.0. The topological polar surface area (TPSA) is 69.4 Å². The smallest absolute Gasteiger partial charge is 0.178 e. The van der Waals surface area contributed by atoms with Crippen LogP contribution in [0.4, 0.5) is 5.69 Å². The molecule has 0 heterocycles. The van der Waals surface area contributed by atoms with Crippen LogP contribution in [0.25, 0.3) is 0 Å². The maximum Gasteiger partial charge on any atom is 0.178 e. The van der Waals surface area contributed by atoms with Gasteiger partial charge >= 0.3 is 0 Å². The van der Waals surface area contributed by atoms with Crippen molar-refractivity contribution in [2.45, 2.75) is 18.2 Å². The zero-order chi connectivity index (χ0) is 15.3. The van der Waals surface area contributed by atoms with Crippen molar-refractivity contribution in [3.8, 4) is 5.75 Å². The molecule has 0 spiro atoms. The Morgan fingerprint density at radius 2 is 1.81 bits per heavy atom. The Morgan fingerprint density at radius 3 is 2.48 bits per heavy atom. The molecular formula is C16H19NO3S. The molecule has 2 N–H and O–H groups in total. The normalized spacial score (nSPS) is 11.3.